The van der Waals surface area contributed by atoms with Crippen LogP contribution in [0.25, 0.3) is 0 Å². The molecule has 0 aliphatic carbocycles. The molecule has 100 valence electrons. The monoisotopic (exact) mass is 281 g/mol. The number of hydrogen-bond acceptors (Lipinski definition) is 3. The fourth-order valence-corrected chi connectivity index (χ4v) is 1.97. The van der Waals surface area contributed by atoms with Crippen molar-refractivity contribution < 1.29 is 27.9 Å². The van der Waals surface area contributed by atoms with Gasteiger partial charge in [-0.2, -0.15) is 13.2 Å². The maximum Gasteiger partial charge on any atom is 0.389 e. The number of hydrogen-bond donors (Lipinski definition) is 2. The van der Waals surface area contributed by atoms with E-state index in [0.717, 1.165) is 11.3 Å². The Morgan fingerprint density at radius 3 is 2.56 bits per heavy atom. The van der Waals surface area contributed by atoms with Gasteiger partial charge in [0.25, 0.3) is 0 Å². The quantitative estimate of drug-likeness (QED) is 0.870. The third-order valence-corrected chi connectivity index (χ3v) is 2.95. The zero-order valence-corrected chi connectivity index (χ0v) is 9.85. The van der Waals surface area contributed by atoms with E-state index in [1.54, 1.807) is 11.4 Å². The van der Waals surface area contributed by atoms with Crippen molar-refractivity contribution in [1.82, 2.24) is 5.32 Å². The first-order valence-corrected chi connectivity index (χ1v) is 5.80. The lowest BCUT2D eigenvalue weighted by Crippen LogP contribution is -2.33. The minimum atomic E-state index is -4.43. The first kappa shape index (κ1) is 14.5. The first-order chi connectivity index (χ1) is 8.29. The minimum Gasteiger partial charge on any atom is -0.479 e. The van der Waals surface area contributed by atoms with Crippen molar-refractivity contribution in [2.45, 2.75) is 25.1 Å². The number of carbonyl (C=O) groups is 2. The Bertz CT molecular complexity index is 417. The van der Waals surface area contributed by atoms with Crippen LogP contribution in [-0.4, -0.2) is 23.2 Å². The largest absolute Gasteiger partial charge is 0.479 e. The highest BCUT2D eigenvalue weighted by atomic mass is 32.1. The molecule has 1 heterocycles. The number of halogens is 3. The van der Waals surface area contributed by atoms with E-state index in [4.69, 9.17) is 5.11 Å². The number of thiophene rings is 1. The van der Waals surface area contributed by atoms with Gasteiger partial charge in [0.15, 0.2) is 6.04 Å². The molecule has 0 radical (unpaired) electrons. The number of rotatable bonds is 5. The molecule has 1 amide bonds. The van der Waals surface area contributed by atoms with Crippen LogP contribution in [0, 0.1) is 0 Å². The van der Waals surface area contributed by atoms with Crippen LogP contribution in [-0.2, 0) is 9.59 Å². The summed E-state index contributed by atoms with van der Waals surface area (Å²) in [6.45, 7) is 0. The number of alkyl halides is 3. The smallest absolute Gasteiger partial charge is 0.389 e. The van der Waals surface area contributed by atoms with Gasteiger partial charge in [-0.1, -0.05) is 6.07 Å². The lowest BCUT2D eigenvalue weighted by atomic mass is 10.2. The van der Waals surface area contributed by atoms with Gasteiger partial charge in [0.2, 0.25) is 5.91 Å². The van der Waals surface area contributed by atoms with Crippen molar-refractivity contribution >= 4 is 23.2 Å². The Kier molecular flexibility index (Phi) is 4.71. The summed E-state index contributed by atoms with van der Waals surface area (Å²) in [5.74, 6) is -2.24. The molecule has 0 saturated heterocycles. The van der Waals surface area contributed by atoms with E-state index >= 15 is 0 Å². The first-order valence-electron chi connectivity index (χ1n) is 4.92. The predicted molar refractivity (Wildman–Crippen MR) is 58.1 cm³/mol. The van der Waals surface area contributed by atoms with Crippen LogP contribution in [0.4, 0.5) is 13.2 Å². The Labute approximate surface area is 104 Å². The highest BCUT2D eigenvalue weighted by Gasteiger charge is 2.29. The van der Waals surface area contributed by atoms with Crippen molar-refractivity contribution in [3.8, 4) is 0 Å². The van der Waals surface area contributed by atoms with E-state index in [1.807, 2.05) is 0 Å². The highest BCUT2D eigenvalue weighted by molar-refractivity contribution is 7.10. The molecule has 0 aliphatic rings. The van der Waals surface area contributed by atoms with Gasteiger partial charge in [-0.25, -0.2) is 4.79 Å². The van der Waals surface area contributed by atoms with Gasteiger partial charge in [-0.15, -0.1) is 11.3 Å². The lowest BCUT2D eigenvalue weighted by molar-refractivity contribution is -0.146. The molecule has 4 nitrogen and oxygen atoms in total. The highest BCUT2D eigenvalue weighted by Crippen LogP contribution is 2.22. The second kappa shape index (κ2) is 5.85. The summed E-state index contributed by atoms with van der Waals surface area (Å²) in [4.78, 5) is 22.5. The van der Waals surface area contributed by atoms with Crippen molar-refractivity contribution in [2.24, 2.45) is 0 Å². The van der Waals surface area contributed by atoms with E-state index in [9.17, 15) is 22.8 Å². The van der Waals surface area contributed by atoms with E-state index < -0.39 is 36.9 Å². The van der Waals surface area contributed by atoms with Gasteiger partial charge >= 0.3 is 12.1 Å². The Hall–Kier alpha value is -1.57. The van der Waals surface area contributed by atoms with Gasteiger partial charge in [0.1, 0.15) is 0 Å². The third kappa shape index (κ3) is 4.74. The summed E-state index contributed by atoms with van der Waals surface area (Å²) in [5, 5.41) is 12.6. The Morgan fingerprint density at radius 1 is 1.44 bits per heavy atom. The molecule has 0 bridgehead atoms. The van der Waals surface area contributed by atoms with Crippen LogP contribution in [0.15, 0.2) is 17.5 Å². The minimum absolute atomic E-state index is 0.364. The van der Waals surface area contributed by atoms with Crippen molar-refractivity contribution in [3.63, 3.8) is 0 Å². The molecule has 18 heavy (non-hydrogen) atoms. The van der Waals surface area contributed by atoms with Gasteiger partial charge in [0.05, 0.1) is 6.42 Å². The molecule has 0 aromatic carbocycles. The molecule has 1 aromatic heterocycles. The van der Waals surface area contributed by atoms with Crippen LogP contribution in [0.5, 0.6) is 0 Å². The van der Waals surface area contributed by atoms with Crippen LogP contribution in [0.1, 0.15) is 23.8 Å². The van der Waals surface area contributed by atoms with Gasteiger partial charge in [-0.05, 0) is 11.4 Å². The summed E-state index contributed by atoms with van der Waals surface area (Å²) in [6.07, 6.45) is -6.48. The molecule has 0 aliphatic heterocycles. The lowest BCUT2D eigenvalue weighted by Gasteiger charge is -2.13. The number of carbonyl (C=O) groups excluding carboxylic acids is 1. The average Bonchev–Trinajstić information content (AvgIpc) is 2.74. The van der Waals surface area contributed by atoms with Gasteiger partial charge in [-0.3, -0.25) is 4.79 Å². The van der Waals surface area contributed by atoms with Gasteiger partial charge < -0.3 is 10.4 Å². The number of carboxylic acid groups (broad SMARTS) is 1. The second-order valence-corrected chi connectivity index (χ2v) is 4.45. The number of carboxylic acids is 1. The molecule has 1 rings (SSSR count). The molecule has 0 fully saturated rings. The number of amides is 1. The SMILES string of the molecule is O=C(CCC(F)(F)F)NC(C(=O)O)c1cccs1. The summed E-state index contributed by atoms with van der Waals surface area (Å²) >= 11 is 1.11. The molecule has 8 heteroatoms. The number of aliphatic carboxylic acids is 1. The van der Waals surface area contributed by atoms with Crippen LogP contribution in [0.3, 0.4) is 0 Å². The fourth-order valence-electron chi connectivity index (χ4n) is 1.20. The summed E-state index contributed by atoms with van der Waals surface area (Å²) in [7, 11) is 0. The number of nitrogens with one attached hydrogen (secondary N) is 1. The standard InChI is InChI=1S/C10H10F3NO3S/c11-10(12,13)4-3-7(15)14-8(9(16)17)6-2-1-5-18-6/h1-2,5,8H,3-4H2,(H,14,15)(H,16,17). The average molecular weight is 281 g/mol. The maximum absolute atomic E-state index is 11.9. The fraction of sp³-hybridized carbons (Fsp3) is 0.400. The van der Waals surface area contributed by atoms with E-state index in [1.165, 1.54) is 6.07 Å². The molecule has 1 atom stereocenters. The summed E-state index contributed by atoms with van der Waals surface area (Å²) in [6, 6.07) is 1.79. The third-order valence-electron chi connectivity index (χ3n) is 2.02. The van der Waals surface area contributed by atoms with Crippen LogP contribution in [0.2, 0.25) is 0 Å². The molecular formula is C10H10F3NO3S. The van der Waals surface area contributed by atoms with E-state index in [0.29, 0.717) is 4.88 Å². The second-order valence-electron chi connectivity index (χ2n) is 3.47. The van der Waals surface area contributed by atoms with Crippen molar-refractivity contribution in [2.75, 3.05) is 0 Å². The zero-order chi connectivity index (χ0) is 13.8. The molecule has 2 N–H and O–H groups in total. The van der Waals surface area contributed by atoms with Crippen LogP contribution >= 0.6 is 11.3 Å². The maximum atomic E-state index is 11.9. The van der Waals surface area contributed by atoms with Gasteiger partial charge in [0, 0.05) is 11.3 Å². The summed E-state index contributed by atoms with van der Waals surface area (Å²) in [5.41, 5.74) is 0. The van der Waals surface area contributed by atoms with Crippen LogP contribution < -0.4 is 5.32 Å². The molecule has 0 saturated carbocycles. The van der Waals surface area contributed by atoms with E-state index in [-0.39, 0.29) is 0 Å². The molecule has 1 aromatic rings. The van der Waals surface area contributed by atoms with E-state index in [2.05, 4.69) is 5.32 Å². The van der Waals surface area contributed by atoms with Crippen molar-refractivity contribution in [3.05, 3.63) is 22.4 Å². The summed E-state index contributed by atoms with van der Waals surface area (Å²) < 4.78 is 35.7. The molecular weight excluding hydrogens is 271 g/mol. The Balaban J connectivity index is 2.58. The zero-order valence-electron chi connectivity index (χ0n) is 9.03. The molecule has 0 spiro atoms. The topological polar surface area (TPSA) is 66.4 Å². The Morgan fingerprint density at radius 2 is 2.11 bits per heavy atom. The van der Waals surface area contributed by atoms with Crippen molar-refractivity contribution in [1.29, 1.82) is 0 Å². The predicted octanol–water partition coefficient (Wildman–Crippen LogP) is 2.33. The normalized spacial score (nSPS) is 13.1. The molecule has 1 unspecified atom stereocenters.